The van der Waals surface area contributed by atoms with E-state index in [1.807, 2.05) is 31.2 Å². The summed E-state index contributed by atoms with van der Waals surface area (Å²) >= 11 is 1.71. The monoisotopic (exact) mass is 502 g/mol. The van der Waals surface area contributed by atoms with Gasteiger partial charge in [-0.1, -0.05) is 12.1 Å². The number of nitrogens with zero attached hydrogens (tertiary/aromatic N) is 1. The smallest absolute Gasteiger partial charge is 0.123 e. The van der Waals surface area contributed by atoms with Crippen LogP contribution in [0, 0.1) is 0 Å². The molecule has 0 amide bonds. The van der Waals surface area contributed by atoms with Gasteiger partial charge >= 0.3 is 0 Å². The van der Waals surface area contributed by atoms with Crippen LogP contribution in [0.2, 0.25) is 0 Å². The van der Waals surface area contributed by atoms with E-state index in [-0.39, 0.29) is 11.8 Å². The summed E-state index contributed by atoms with van der Waals surface area (Å²) < 4.78 is 12.7. The summed E-state index contributed by atoms with van der Waals surface area (Å²) in [6, 6.07) is 20.5. The minimum atomic E-state index is -0.00900. The molecule has 0 radical (unpaired) electrons. The van der Waals surface area contributed by atoms with Gasteiger partial charge in [0.1, 0.15) is 23.9 Å². The van der Waals surface area contributed by atoms with E-state index in [4.69, 9.17) is 15.2 Å². The van der Waals surface area contributed by atoms with Gasteiger partial charge in [0.25, 0.3) is 0 Å². The van der Waals surface area contributed by atoms with Gasteiger partial charge in [-0.05, 0) is 110 Å². The molecule has 5 nitrogen and oxygen atoms in total. The molecular weight excluding hydrogens is 468 g/mol. The molecule has 0 aliphatic carbocycles. The highest BCUT2D eigenvalue weighted by molar-refractivity contribution is 7.22. The van der Waals surface area contributed by atoms with E-state index in [0.717, 1.165) is 47.8 Å². The van der Waals surface area contributed by atoms with Crippen molar-refractivity contribution in [3.8, 4) is 27.7 Å². The Morgan fingerprint density at radius 3 is 2.53 bits per heavy atom. The Bertz CT molecular complexity index is 1320. The van der Waals surface area contributed by atoms with Gasteiger partial charge in [0.2, 0.25) is 0 Å². The fourth-order valence-electron chi connectivity index (χ4n) is 4.89. The highest BCUT2D eigenvalue weighted by Crippen LogP contribution is 2.42. The number of aromatic hydroxyl groups is 1. The zero-order chi connectivity index (χ0) is 25.1. The Kier molecular flexibility index (Phi) is 7.46. The predicted molar refractivity (Wildman–Crippen MR) is 148 cm³/mol. The topological polar surface area (TPSA) is 68.0 Å². The average molecular weight is 503 g/mol. The van der Waals surface area contributed by atoms with E-state index in [1.54, 1.807) is 24.5 Å². The number of nitrogens with two attached hydrogens (primary N) is 1. The van der Waals surface area contributed by atoms with Gasteiger partial charge < -0.3 is 20.3 Å². The molecule has 188 valence electrons. The molecule has 1 atom stereocenters. The third-order valence-corrected chi connectivity index (χ3v) is 7.97. The van der Waals surface area contributed by atoms with Crippen LogP contribution in [0.25, 0.3) is 20.5 Å². The largest absolute Gasteiger partial charge is 0.508 e. The molecule has 1 aromatic heterocycles. The molecule has 4 aromatic rings. The van der Waals surface area contributed by atoms with E-state index >= 15 is 0 Å². The molecule has 5 rings (SSSR count). The predicted octanol–water partition coefficient (Wildman–Crippen LogP) is 6.20. The molecule has 36 heavy (non-hydrogen) atoms. The first-order chi connectivity index (χ1) is 17.5. The summed E-state index contributed by atoms with van der Waals surface area (Å²) in [5, 5.41) is 11.3. The van der Waals surface area contributed by atoms with Gasteiger partial charge in [0, 0.05) is 27.7 Å². The van der Waals surface area contributed by atoms with Gasteiger partial charge in [-0.25, -0.2) is 0 Å². The number of likely N-dealkylation sites (tertiary alicyclic amines) is 1. The standard InChI is InChI=1S/C30H34N2O3S/c1-20(31)19-35-25-10-7-22(8-11-25)30-27(26-12-9-24(33)17-29(26)36-30)15-21-5-6-23(28(16-21)34-2)18-32-13-3-4-14-32/h5-12,16-17,20,33H,3-4,13-15,18-19,31H2,1-2H3/t20-/m1/s1. The number of ether oxygens (including phenoxy) is 2. The first-order valence-corrected chi connectivity index (χ1v) is 13.4. The molecular formula is C30H34N2O3S. The molecule has 1 saturated heterocycles. The van der Waals surface area contributed by atoms with Crippen molar-refractivity contribution in [2.45, 2.75) is 38.8 Å². The first kappa shape index (κ1) is 24.6. The fraction of sp³-hybridized carbons (Fsp3) is 0.333. The summed E-state index contributed by atoms with van der Waals surface area (Å²) in [4.78, 5) is 3.70. The molecule has 1 aliphatic heterocycles. The quantitative estimate of drug-likeness (QED) is 0.285. The zero-order valence-corrected chi connectivity index (χ0v) is 21.8. The highest BCUT2D eigenvalue weighted by atomic mass is 32.1. The molecule has 1 fully saturated rings. The van der Waals surface area contributed by atoms with Crippen LogP contribution in [0.5, 0.6) is 17.2 Å². The second kappa shape index (κ2) is 10.9. The van der Waals surface area contributed by atoms with Crippen LogP contribution in [0.1, 0.15) is 36.5 Å². The van der Waals surface area contributed by atoms with Crippen LogP contribution in [0.4, 0.5) is 0 Å². The Morgan fingerprint density at radius 1 is 1.03 bits per heavy atom. The summed E-state index contributed by atoms with van der Waals surface area (Å²) in [7, 11) is 1.76. The summed E-state index contributed by atoms with van der Waals surface area (Å²) in [5.74, 6) is 2.05. The van der Waals surface area contributed by atoms with Gasteiger partial charge in [0.15, 0.2) is 0 Å². The van der Waals surface area contributed by atoms with E-state index < -0.39 is 0 Å². The lowest BCUT2D eigenvalue weighted by atomic mass is 9.97. The number of fused-ring (bicyclic) bond motifs is 1. The second-order valence-corrected chi connectivity index (χ2v) is 10.8. The number of benzene rings is 3. The first-order valence-electron chi connectivity index (χ1n) is 12.6. The van der Waals surface area contributed by atoms with Crippen LogP contribution >= 0.6 is 11.3 Å². The van der Waals surface area contributed by atoms with Crippen LogP contribution in [-0.2, 0) is 13.0 Å². The lowest BCUT2D eigenvalue weighted by Gasteiger charge is -2.18. The number of methoxy groups -OCH3 is 1. The Balaban J connectivity index is 1.47. The van der Waals surface area contributed by atoms with E-state index in [2.05, 4.69) is 35.2 Å². The molecule has 0 bridgehead atoms. The Morgan fingerprint density at radius 2 is 1.81 bits per heavy atom. The molecule has 3 N–H and O–H groups in total. The van der Waals surface area contributed by atoms with Crippen molar-refractivity contribution in [1.82, 2.24) is 4.90 Å². The third-order valence-electron chi connectivity index (χ3n) is 6.73. The molecule has 0 saturated carbocycles. The van der Waals surface area contributed by atoms with Crippen molar-refractivity contribution in [3.63, 3.8) is 0 Å². The highest BCUT2D eigenvalue weighted by Gasteiger charge is 2.18. The number of rotatable bonds is 9. The summed E-state index contributed by atoms with van der Waals surface area (Å²) in [6.45, 7) is 5.68. The molecule has 3 aromatic carbocycles. The molecule has 0 spiro atoms. The number of phenols is 1. The minimum Gasteiger partial charge on any atom is -0.508 e. The summed E-state index contributed by atoms with van der Waals surface area (Å²) in [5.41, 5.74) is 10.7. The number of phenolic OH excluding ortho intramolecular Hbond substituents is 1. The van der Waals surface area contributed by atoms with Crippen LogP contribution in [-0.4, -0.2) is 42.9 Å². The SMILES string of the molecule is COc1cc(Cc2c(-c3ccc(OC[C@@H](C)N)cc3)sc3cc(O)ccc23)ccc1CN1CCCC1. The minimum absolute atomic E-state index is 0.00900. The normalized spacial score (nSPS) is 14.9. The molecule has 6 heteroatoms. The van der Waals surface area contributed by atoms with Crippen molar-refractivity contribution < 1.29 is 14.6 Å². The van der Waals surface area contributed by atoms with Crippen molar-refractivity contribution in [3.05, 3.63) is 77.4 Å². The molecule has 1 aliphatic rings. The van der Waals surface area contributed by atoms with E-state index in [1.165, 1.54) is 39.8 Å². The van der Waals surface area contributed by atoms with Crippen LogP contribution in [0.3, 0.4) is 0 Å². The average Bonchev–Trinajstić information content (AvgIpc) is 3.51. The van der Waals surface area contributed by atoms with Crippen molar-refractivity contribution in [2.75, 3.05) is 26.8 Å². The maximum atomic E-state index is 10.1. The lowest BCUT2D eigenvalue weighted by Crippen LogP contribution is -2.23. The number of hydrogen-bond donors (Lipinski definition) is 2. The second-order valence-electron chi connectivity index (χ2n) is 9.71. The number of hydrogen-bond acceptors (Lipinski definition) is 6. The Labute approximate surface area is 217 Å². The van der Waals surface area contributed by atoms with Gasteiger partial charge in [-0.15, -0.1) is 11.3 Å². The number of thiophene rings is 1. The van der Waals surface area contributed by atoms with Crippen LogP contribution in [0.15, 0.2) is 60.7 Å². The maximum absolute atomic E-state index is 10.1. The summed E-state index contributed by atoms with van der Waals surface area (Å²) in [6.07, 6.45) is 3.34. The lowest BCUT2D eigenvalue weighted by molar-refractivity contribution is 0.296. The third kappa shape index (κ3) is 5.51. The molecule has 0 unspecified atom stereocenters. The van der Waals surface area contributed by atoms with Crippen LogP contribution < -0.4 is 15.2 Å². The van der Waals surface area contributed by atoms with E-state index in [0.29, 0.717) is 6.61 Å². The van der Waals surface area contributed by atoms with Crippen molar-refractivity contribution in [2.24, 2.45) is 5.73 Å². The maximum Gasteiger partial charge on any atom is 0.123 e. The molecule has 2 heterocycles. The van der Waals surface area contributed by atoms with Gasteiger partial charge in [-0.3, -0.25) is 4.90 Å². The Hall–Kier alpha value is -3.06. The van der Waals surface area contributed by atoms with E-state index in [9.17, 15) is 5.11 Å². The van der Waals surface area contributed by atoms with Gasteiger partial charge in [0.05, 0.1) is 7.11 Å². The zero-order valence-electron chi connectivity index (χ0n) is 21.0. The van der Waals surface area contributed by atoms with Crippen molar-refractivity contribution >= 4 is 21.4 Å². The van der Waals surface area contributed by atoms with Gasteiger partial charge in [-0.2, -0.15) is 0 Å². The fourth-order valence-corrected chi connectivity index (χ4v) is 6.15. The van der Waals surface area contributed by atoms with Crippen molar-refractivity contribution in [1.29, 1.82) is 0 Å².